The van der Waals surface area contributed by atoms with Gasteiger partial charge in [-0.05, 0) is 19.2 Å². The molecule has 0 unspecified atom stereocenters. The van der Waals surface area contributed by atoms with Gasteiger partial charge >= 0.3 is 0 Å². The summed E-state index contributed by atoms with van der Waals surface area (Å²) in [5, 5.41) is 3.03. The van der Waals surface area contributed by atoms with E-state index in [0.29, 0.717) is 16.5 Å². The zero-order valence-corrected chi connectivity index (χ0v) is 10.9. The molecule has 0 spiro atoms. The Morgan fingerprint density at radius 3 is 2.61 bits per heavy atom. The molecule has 2 rings (SSSR count). The van der Waals surface area contributed by atoms with Crippen LogP contribution in [0, 0.1) is 5.82 Å². The van der Waals surface area contributed by atoms with Gasteiger partial charge in [0.05, 0.1) is 5.75 Å². The van der Waals surface area contributed by atoms with Gasteiger partial charge in [0.15, 0.2) is 0 Å². The Morgan fingerprint density at radius 2 is 1.94 bits per heavy atom. The third kappa shape index (κ3) is 3.51. The Kier molecular flexibility index (Phi) is 4.66. The van der Waals surface area contributed by atoms with Gasteiger partial charge in [0.2, 0.25) is 0 Å². The van der Waals surface area contributed by atoms with Crippen LogP contribution in [-0.2, 0) is 12.3 Å². The van der Waals surface area contributed by atoms with Crippen molar-refractivity contribution in [2.24, 2.45) is 0 Å². The summed E-state index contributed by atoms with van der Waals surface area (Å²) in [5.41, 5.74) is 1.04. The molecule has 0 amide bonds. The molecule has 0 aliphatic heterocycles. The van der Waals surface area contributed by atoms with Gasteiger partial charge in [-0.1, -0.05) is 12.1 Å². The molecule has 0 bridgehead atoms. The number of halogens is 1. The Labute approximate surface area is 110 Å². The molecule has 0 radical (unpaired) electrons. The minimum Gasteiger partial charge on any atom is -0.316 e. The monoisotopic (exact) mass is 263 g/mol. The van der Waals surface area contributed by atoms with Crippen molar-refractivity contribution in [2.45, 2.75) is 17.2 Å². The molecule has 2 aromatic rings. The van der Waals surface area contributed by atoms with Gasteiger partial charge in [0.25, 0.3) is 0 Å². The molecular formula is C13H14FN3S. The van der Waals surface area contributed by atoms with Crippen molar-refractivity contribution in [3.8, 4) is 0 Å². The maximum atomic E-state index is 13.4. The molecule has 0 saturated heterocycles. The fraction of sp³-hybridized carbons (Fsp3) is 0.231. The van der Waals surface area contributed by atoms with Crippen LogP contribution in [0.5, 0.6) is 0 Å². The average molecular weight is 263 g/mol. The zero-order chi connectivity index (χ0) is 12.8. The number of thioether (sulfide) groups is 1. The molecule has 1 aromatic carbocycles. The van der Waals surface area contributed by atoms with E-state index in [-0.39, 0.29) is 5.82 Å². The van der Waals surface area contributed by atoms with Crippen LogP contribution in [0.3, 0.4) is 0 Å². The predicted molar refractivity (Wildman–Crippen MR) is 70.8 cm³/mol. The van der Waals surface area contributed by atoms with E-state index in [1.54, 1.807) is 24.5 Å². The molecule has 0 aliphatic rings. The molecule has 0 fully saturated rings. The number of nitrogens with zero attached hydrogens (tertiary/aromatic N) is 2. The third-order valence-electron chi connectivity index (χ3n) is 2.33. The normalized spacial score (nSPS) is 10.6. The van der Waals surface area contributed by atoms with Crippen LogP contribution in [0.1, 0.15) is 11.4 Å². The summed E-state index contributed by atoms with van der Waals surface area (Å²) in [6.45, 7) is 0.751. The van der Waals surface area contributed by atoms with Crippen LogP contribution < -0.4 is 5.32 Å². The second-order valence-corrected chi connectivity index (χ2v) is 4.77. The quantitative estimate of drug-likeness (QED) is 0.842. The molecule has 1 N–H and O–H groups in total. The van der Waals surface area contributed by atoms with Crippen molar-refractivity contribution >= 4 is 11.8 Å². The SMILES string of the molecule is CNCc1cnc(CSc2ccccc2F)nc1. The van der Waals surface area contributed by atoms with E-state index < -0.39 is 0 Å². The van der Waals surface area contributed by atoms with E-state index in [0.717, 1.165) is 12.1 Å². The molecule has 0 saturated carbocycles. The molecule has 94 valence electrons. The minimum atomic E-state index is -0.200. The topological polar surface area (TPSA) is 37.8 Å². The highest BCUT2D eigenvalue weighted by Gasteiger charge is 2.03. The predicted octanol–water partition coefficient (Wildman–Crippen LogP) is 2.63. The van der Waals surface area contributed by atoms with Crippen LogP contribution in [0.15, 0.2) is 41.6 Å². The first-order valence-corrected chi connectivity index (χ1v) is 6.60. The molecule has 18 heavy (non-hydrogen) atoms. The molecule has 0 atom stereocenters. The number of benzene rings is 1. The molecule has 5 heteroatoms. The van der Waals surface area contributed by atoms with Crippen molar-refractivity contribution in [3.63, 3.8) is 0 Å². The lowest BCUT2D eigenvalue weighted by Gasteiger charge is -2.03. The summed E-state index contributed by atoms with van der Waals surface area (Å²) in [4.78, 5) is 9.12. The summed E-state index contributed by atoms with van der Waals surface area (Å²) in [6.07, 6.45) is 3.58. The summed E-state index contributed by atoms with van der Waals surface area (Å²) in [5.74, 6) is 1.08. The first-order valence-electron chi connectivity index (χ1n) is 5.61. The van der Waals surface area contributed by atoms with Gasteiger partial charge in [-0.2, -0.15) is 0 Å². The van der Waals surface area contributed by atoms with Crippen LogP contribution in [0.4, 0.5) is 4.39 Å². The number of rotatable bonds is 5. The number of hydrogen-bond donors (Lipinski definition) is 1. The average Bonchev–Trinajstić information content (AvgIpc) is 2.40. The minimum absolute atomic E-state index is 0.200. The van der Waals surface area contributed by atoms with E-state index in [4.69, 9.17) is 0 Å². The summed E-state index contributed by atoms with van der Waals surface area (Å²) >= 11 is 1.40. The molecule has 1 heterocycles. The maximum absolute atomic E-state index is 13.4. The highest BCUT2D eigenvalue weighted by atomic mass is 32.2. The van der Waals surface area contributed by atoms with Crippen molar-refractivity contribution < 1.29 is 4.39 Å². The van der Waals surface area contributed by atoms with Crippen molar-refractivity contribution in [1.29, 1.82) is 0 Å². The smallest absolute Gasteiger partial charge is 0.138 e. The first kappa shape index (κ1) is 13.0. The van der Waals surface area contributed by atoms with Gasteiger partial charge in [-0.25, -0.2) is 14.4 Å². The lowest BCUT2D eigenvalue weighted by molar-refractivity contribution is 0.602. The van der Waals surface area contributed by atoms with Crippen LogP contribution in [-0.4, -0.2) is 17.0 Å². The summed E-state index contributed by atoms with van der Waals surface area (Å²) < 4.78 is 13.4. The second kappa shape index (κ2) is 6.47. The Balaban J connectivity index is 1.96. The van der Waals surface area contributed by atoms with Crippen molar-refractivity contribution in [3.05, 3.63) is 53.9 Å². The van der Waals surface area contributed by atoms with Gasteiger partial charge in [0, 0.05) is 29.4 Å². The molecule has 0 aliphatic carbocycles. The van der Waals surface area contributed by atoms with Gasteiger partial charge in [-0.15, -0.1) is 11.8 Å². The molecule has 3 nitrogen and oxygen atoms in total. The van der Waals surface area contributed by atoms with Crippen molar-refractivity contribution in [1.82, 2.24) is 15.3 Å². The Hall–Kier alpha value is -1.46. The second-order valence-electron chi connectivity index (χ2n) is 3.76. The fourth-order valence-corrected chi connectivity index (χ4v) is 2.27. The molecular weight excluding hydrogens is 249 g/mol. The molecule has 1 aromatic heterocycles. The maximum Gasteiger partial charge on any atom is 0.138 e. The van der Waals surface area contributed by atoms with Gasteiger partial charge in [-0.3, -0.25) is 0 Å². The number of aromatic nitrogens is 2. The van der Waals surface area contributed by atoms with E-state index in [1.165, 1.54) is 17.8 Å². The highest BCUT2D eigenvalue weighted by Crippen LogP contribution is 2.23. The summed E-state index contributed by atoms with van der Waals surface area (Å²) in [7, 11) is 1.88. The lowest BCUT2D eigenvalue weighted by atomic mass is 10.3. The third-order valence-corrected chi connectivity index (χ3v) is 3.38. The lowest BCUT2D eigenvalue weighted by Crippen LogP contribution is -2.06. The van der Waals surface area contributed by atoms with Crippen LogP contribution >= 0.6 is 11.8 Å². The van der Waals surface area contributed by atoms with Crippen LogP contribution in [0.25, 0.3) is 0 Å². The van der Waals surface area contributed by atoms with E-state index in [1.807, 2.05) is 13.1 Å². The zero-order valence-electron chi connectivity index (χ0n) is 10.1. The highest BCUT2D eigenvalue weighted by molar-refractivity contribution is 7.98. The van der Waals surface area contributed by atoms with E-state index in [2.05, 4.69) is 15.3 Å². The standard InChI is InChI=1S/C13H14FN3S/c1-15-6-10-7-16-13(17-8-10)9-18-12-5-3-2-4-11(12)14/h2-5,7-8,15H,6,9H2,1H3. The number of hydrogen-bond acceptors (Lipinski definition) is 4. The Bertz CT molecular complexity index is 502. The van der Waals surface area contributed by atoms with Gasteiger partial charge < -0.3 is 5.32 Å². The van der Waals surface area contributed by atoms with Gasteiger partial charge in [0.1, 0.15) is 11.6 Å². The van der Waals surface area contributed by atoms with E-state index >= 15 is 0 Å². The van der Waals surface area contributed by atoms with Crippen molar-refractivity contribution in [2.75, 3.05) is 7.05 Å². The summed E-state index contributed by atoms with van der Waals surface area (Å²) in [6, 6.07) is 6.72. The number of nitrogens with one attached hydrogen (secondary N) is 1. The largest absolute Gasteiger partial charge is 0.316 e. The van der Waals surface area contributed by atoms with Crippen LogP contribution in [0.2, 0.25) is 0 Å². The first-order chi connectivity index (χ1) is 8.79. The Morgan fingerprint density at radius 1 is 1.22 bits per heavy atom. The van der Waals surface area contributed by atoms with E-state index in [9.17, 15) is 4.39 Å². The fourth-order valence-electron chi connectivity index (χ4n) is 1.46.